The molecule has 0 aliphatic heterocycles. The lowest BCUT2D eigenvalue weighted by Crippen LogP contribution is -2.13. The predicted molar refractivity (Wildman–Crippen MR) is 71.0 cm³/mol. The summed E-state index contributed by atoms with van der Waals surface area (Å²) in [6.07, 6.45) is 1.54. The average molecular weight is 309 g/mol. The van der Waals surface area contributed by atoms with Gasteiger partial charge in [0.25, 0.3) is 5.91 Å². The van der Waals surface area contributed by atoms with Crippen LogP contribution in [0.3, 0.4) is 0 Å². The van der Waals surface area contributed by atoms with Crippen molar-refractivity contribution in [3.05, 3.63) is 58.1 Å². The molecule has 1 aromatic heterocycles. The van der Waals surface area contributed by atoms with Crippen LogP contribution in [0.2, 0.25) is 0 Å². The second kappa shape index (κ2) is 5.27. The molecule has 0 aliphatic carbocycles. The predicted octanol–water partition coefficient (Wildman–Crippen LogP) is 3.54. The van der Waals surface area contributed by atoms with E-state index in [2.05, 4.69) is 26.2 Å². The number of nitrogens with one attached hydrogen (secondary N) is 1. The van der Waals surface area contributed by atoms with Crippen LogP contribution in [-0.2, 0) is 0 Å². The third kappa shape index (κ3) is 2.92. The number of rotatable bonds is 2. The molecule has 3 nitrogen and oxygen atoms in total. The zero-order valence-corrected chi connectivity index (χ0v) is 11.2. The summed E-state index contributed by atoms with van der Waals surface area (Å²) in [4.78, 5) is 15.9. The van der Waals surface area contributed by atoms with Gasteiger partial charge in [-0.05, 0) is 58.7 Å². The van der Waals surface area contributed by atoms with Gasteiger partial charge in [0.05, 0.1) is 0 Å². The highest BCUT2D eigenvalue weighted by atomic mass is 79.9. The molecule has 1 aromatic carbocycles. The maximum atomic E-state index is 12.9. The first-order valence-electron chi connectivity index (χ1n) is 5.25. The van der Waals surface area contributed by atoms with Crippen LogP contribution in [0.25, 0.3) is 0 Å². The lowest BCUT2D eigenvalue weighted by Gasteiger charge is -2.08. The molecule has 0 saturated carbocycles. The summed E-state index contributed by atoms with van der Waals surface area (Å²) in [5.74, 6) is -0.579. The average Bonchev–Trinajstić information content (AvgIpc) is 2.32. The number of amides is 1. The van der Waals surface area contributed by atoms with Gasteiger partial charge < -0.3 is 5.32 Å². The molecule has 1 amide bonds. The molecule has 18 heavy (non-hydrogen) atoms. The van der Waals surface area contributed by atoms with E-state index >= 15 is 0 Å². The Morgan fingerprint density at radius 1 is 1.33 bits per heavy atom. The summed E-state index contributed by atoms with van der Waals surface area (Å²) in [6.45, 7) is 1.74. The third-order valence-corrected chi connectivity index (χ3v) is 2.86. The number of benzene rings is 1. The van der Waals surface area contributed by atoms with Gasteiger partial charge in [-0.3, -0.25) is 4.79 Å². The first kappa shape index (κ1) is 12.7. The van der Waals surface area contributed by atoms with Crippen molar-refractivity contribution >= 4 is 27.5 Å². The molecule has 0 spiro atoms. The molecule has 0 aliphatic rings. The molecule has 2 rings (SSSR count). The Balaban J connectivity index is 2.21. The number of carbonyl (C=O) groups excluding carboxylic acids is 1. The van der Waals surface area contributed by atoms with Crippen LogP contribution in [0.4, 0.5) is 10.1 Å². The van der Waals surface area contributed by atoms with Crippen molar-refractivity contribution in [1.82, 2.24) is 4.98 Å². The molecule has 0 fully saturated rings. The number of anilines is 1. The summed E-state index contributed by atoms with van der Waals surface area (Å²) in [6, 6.07) is 7.45. The van der Waals surface area contributed by atoms with Gasteiger partial charge in [0.15, 0.2) is 0 Å². The van der Waals surface area contributed by atoms with E-state index in [1.54, 1.807) is 25.1 Å². The van der Waals surface area contributed by atoms with Crippen LogP contribution in [0.1, 0.15) is 15.9 Å². The number of pyridine rings is 1. The Morgan fingerprint density at radius 2 is 2.11 bits per heavy atom. The molecule has 0 atom stereocenters. The molecule has 0 saturated heterocycles. The molecular formula is C13H10BrFN2O. The second-order valence-electron chi connectivity index (χ2n) is 3.78. The number of aryl methyl sites for hydroxylation is 1. The lowest BCUT2D eigenvalue weighted by molar-refractivity contribution is 0.102. The smallest absolute Gasteiger partial charge is 0.255 e. The summed E-state index contributed by atoms with van der Waals surface area (Å²) in [5, 5.41) is 2.73. The first-order chi connectivity index (χ1) is 8.56. The Hall–Kier alpha value is -1.75. The Bertz CT molecular complexity index is 601. The number of aromatic nitrogens is 1. The van der Waals surface area contributed by atoms with Crippen LogP contribution in [-0.4, -0.2) is 10.9 Å². The van der Waals surface area contributed by atoms with Gasteiger partial charge in [0.2, 0.25) is 0 Å². The summed E-state index contributed by atoms with van der Waals surface area (Å²) in [5.41, 5.74) is 1.76. The van der Waals surface area contributed by atoms with Crippen molar-refractivity contribution in [3.63, 3.8) is 0 Å². The van der Waals surface area contributed by atoms with Crippen LogP contribution in [0.15, 0.2) is 41.1 Å². The van der Waals surface area contributed by atoms with Crippen molar-refractivity contribution in [2.75, 3.05) is 5.32 Å². The van der Waals surface area contributed by atoms with Gasteiger partial charge in [-0.25, -0.2) is 9.37 Å². The highest BCUT2D eigenvalue weighted by Crippen LogP contribution is 2.17. The van der Waals surface area contributed by atoms with Crippen LogP contribution in [0, 0.1) is 12.7 Å². The van der Waals surface area contributed by atoms with Gasteiger partial charge in [0, 0.05) is 17.4 Å². The molecular weight excluding hydrogens is 299 g/mol. The minimum Gasteiger partial charge on any atom is -0.322 e. The first-order valence-corrected chi connectivity index (χ1v) is 6.04. The number of carbonyl (C=O) groups is 1. The van der Waals surface area contributed by atoms with E-state index in [1.165, 1.54) is 18.3 Å². The molecule has 2 aromatic rings. The Labute approximate surface area is 112 Å². The van der Waals surface area contributed by atoms with Crippen molar-refractivity contribution in [1.29, 1.82) is 0 Å². The van der Waals surface area contributed by atoms with Gasteiger partial charge in [0.1, 0.15) is 10.4 Å². The van der Waals surface area contributed by atoms with E-state index in [1.807, 2.05) is 0 Å². The lowest BCUT2D eigenvalue weighted by atomic mass is 10.2. The monoisotopic (exact) mass is 308 g/mol. The zero-order valence-electron chi connectivity index (χ0n) is 9.58. The van der Waals surface area contributed by atoms with Crippen molar-refractivity contribution in [2.24, 2.45) is 0 Å². The van der Waals surface area contributed by atoms with Crippen molar-refractivity contribution < 1.29 is 9.18 Å². The molecule has 0 bridgehead atoms. The van der Waals surface area contributed by atoms with E-state index in [0.717, 1.165) is 0 Å². The molecule has 0 radical (unpaired) electrons. The highest BCUT2D eigenvalue weighted by molar-refractivity contribution is 9.10. The van der Waals surface area contributed by atoms with Gasteiger partial charge in [-0.2, -0.15) is 0 Å². The number of nitrogens with zero attached hydrogens (tertiary/aromatic N) is 1. The van der Waals surface area contributed by atoms with E-state index in [4.69, 9.17) is 0 Å². The van der Waals surface area contributed by atoms with E-state index < -0.39 is 0 Å². The fraction of sp³-hybridized carbons (Fsp3) is 0.0769. The zero-order chi connectivity index (χ0) is 13.1. The highest BCUT2D eigenvalue weighted by Gasteiger charge is 2.08. The van der Waals surface area contributed by atoms with Crippen molar-refractivity contribution in [3.8, 4) is 0 Å². The topological polar surface area (TPSA) is 42.0 Å². The van der Waals surface area contributed by atoms with Gasteiger partial charge >= 0.3 is 0 Å². The largest absolute Gasteiger partial charge is 0.322 e. The summed E-state index contributed by atoms with van der Waals surface area (Å²) >= 11 is 3.20. The number of hydrogen-bond acceptors (Lipinski definition) is 2. The van der Waals surface area contributed by atoms with Crippen LogP contribution in [0.5, 0.6) is 0 Å². The minimum absolute atomic E-state index is 0.257. The summed E-state index contributed by atoms with van der Waals surface area (Å²) < 4.78 is 13.5. The number of halogens is 2. The fourth-order valence-corrected chi connectivity index (χ4v) is 1.87. The van der Waals surface area contributed by atoms with Crippen LogP contribution >= 0.6 is 15.9 Å². The SMILES string of the molecule is Cc1cc(F)ccc1NC(=O)c1ccnc(Br)c1. The second-order valence-corrected chi connectivity index (χ2v) is 4.59. The van der Waals surface area contributed by atoms with Gasteiger partial charge in [-0.15, -0.1) is 0 Å². The molecule has 0 unspecified atom stereocenters. The Morgan fingerprint density at radius 3 is 2.78 bits per heavy atom. The third-order valence-electron chi connectivity index (χ3n) is 2.43. The normalized spacial score (nSPS) is 10.2. The minimum atomic E-state index is -0.322. The molecule has 1 N–H and O–H groups in total. The summed E-state index contributed by atoms with van der Waals surface area (Å²) in [7, 11) is 0. The number of hydrogen-bond donors (Lipinski definition) is 1. The van der Waals surface area contributed by atoms with E-state index in [0.29, 0.717) is 21.4 Å². The molecule has 92 valence electrons. The Kier molecular flexibility index (Phi) is 3.72. The quantitative estimate of drug-likeness (QED) is 0.862. The molecule has 1 heterocycles. The van der Waals surface area contributed by atoms with Gasteiger partial charge in [-0.1, -0.05) is 0 Å². The maximum absolute atomic E-state index is 12.9. The maximum Gasteiger partial charge on any atom is 0.255 e. The van der Waals surface area contributed by atoms with E-state index in [-0.39, 0.29) is 11.7 Å². The van der Waals surface area contributed by atoms with Crippen LogP contribution < -0.4 is 5.32 Å². The fourth-order valence-electron chi connectivity index (χ4n) is 1.51. The van der Waals surface area contributed by atoms with E-state index in [9.17, 15) is 9.18 Å². The van der Waals surface area contributed by atoms with Crippen molar-refractivity contribution in [2.45, 2.75) is 6.92 Å². The molecule has 5 heteroatoms. The standard InChI is InChI=1S/C13H10BrFN2O/c1-8-6-10(15)2-3-11(8)17-13(18)9-4-5-16-12(14)7-9/h2-7H,1H3,(H,17,18).